The van der Waals surface area contributed by atoms with Gasteiger partial charge in [-0.05, 0) is 68.3 Å². The smallest absolute Gasteiger partial charge is 0.309 e. The summed E-state index contributed by atoms with van der Waals surface area (Å²) in [6.45, 7) is 8.14. The Morgan fingerprint density at radius 2 is 2.03 bits per heavy atom. The summed E-state index contributed by atoms with van der Waals surface area (Å²) in [6.07, 6.45) is 3.42. The van der Waals surface area contributed by atoms with Crippen LogP contribution in [-0.4, -0.2) is 44.1 Å². The molecule has 0 aliphatic heterocycles. The highest BCUT2D eigenvalue weighted by Gasteiger charge is 2.66. The second-order valence-electron chi connectivity index (χ2n) is 10.7. The van der Waals surface area contributed by atoms with Crippen LogP contribution in [0.5, 0.6) is 0 Å². The van der Waals surface area contributed by atoms with E-state index in [1.54, 1.807) is 13.2 Å². The summed E-state index contributed by atoms with van der Waals surface area (Å²) in [5.41, 5.74) is -0.333. The van der Waals surface area contributed by atoms with E-state index in [9.17, 15) is 14.4 Å². The van der Waals surface area contributed by atoms with Crippen LogP contribution < -0.4 is 0 Å². The highest BCUT2D eigenvalue weighted by atomic mass is 16.7. The van der Waals surface area contributed by atoms with Crippen LogP contribution in [0, 0.1) is 40.4 Å². The number of ether oxygens (including phenoxy) is 3. The normalized spacial score (nSPS) is 36.5. The molecule has 0 saturated heterocycles. The van der Waals surface area contributed by atoms with E-state index in [0.29, 0.717) is 38.1 Å². The zero-order chi connectivity index (χ0) is 25.4. The van der Waals surface area contributed by atoms with Gasteiger partial charge in [0.05, 0.1) is 19.3 Å². The molecule has 3 fully saturated rings. The number of rotatable bonds is 6. The highest BCUT2D eigenvalue weighted by Crippen LogP contribution is 2.65. The molecule has 35 heavy (non-hydrogen) atoms. The zero-order valence-electron chi connectivity index (χ0n) is 21.3. The van der Waals surface area contributed by atoms with E-state index < -0.39 is 28.8 Å². The molecule has 1 heterocycles. The van der Waals surface area contributed by atoms with E-state index >= 15 is 0 Å². The third-order valence-electron chi connectivity index (χ3n) is 8.87. The number of methoxy groups -OCH3 is 1. The van der Waals surface area contributed by atoms with Crippen LogP contribution >= 0.6 is 0 Å². The average Bonchev–Trinajstić information content (AvgIpc) is 3.28. The summed E-state index contributed by atoms with van der Waals surface area (Å²) in [4.78, 5) is 40.6. The van der Waals surface area contributed by atoms with Gasteiger partial charge in [0.25, 0.3) is 0 Å². The number of hydrogen-bond acceptors (Lipinski definition) is 7. The second-order valence-corrected chi connectivity index (χ2v) is 10.7. The predicted octanol–water partition coefficient (Wildman–Crippen LogP) is 4.28. The fourth-order valence-electron chi connectivity index (χ4n) is 7.42. The van der Waals surface area contributed by atoms with Gasteiger partial charge in [-0.3, -0.25) is 14.4 Å². The summed E-state index contributed by atoms with van der Waals surface area (Å²) in [5.74, 6) is 4.91. The first kappa shape index (κ1) is 25.7. The molecule has 3 aliphatic rings. The molecule has 0 N–H and O–H groups in total. The summed E-state index contributed by atoms with van der Waals surface area (Å²) in [5, 5.41) is 0. The summed E-state index contributed by atoms with van der Waals surface area (Å²) >= 11 is 0. The van der Waals surface area contributed by atoms with Crippen molar-refractivity contribution in [2.45, 2.75) is 71.8 Å². The Balaban J connectivity index is 1.76. The van der Waals surface area contributed by atoms with Crippen molar-refractivity contribution in [1.29, 1.82) is 0 Å². The number of furan rings is 1. The summed E-state index contributed by atoms with van der Waals surface area (Å²) in [7, 11) is 1.38. The zero-order valence-corrected chi connectivity index (χ0v) is 21.3. The molecule has 1 aromatic rings. The third kappa shape index (κ3) is 4.25. The number of Topliss-reactive ketones (excluding diaryl/α,β-unsaturated/α-hetero) is 2. The molecular weight excluding hydrogens is 448 g/mol. The molecular formula is C28H36O7. The molecule has 7 unspecified atom stereocenters. The lowest BCUT2D eigenvalue weighted by Gasteiger charge is -2.61. The molecule has 0 spiro atoms. The first-order chi connectivity index (χ1) is 16.7. The molecule has 3 aliphatic carbocycles. The summed E-state index contributed by atoms with van der Waals surface area (Å²) < 4.78 is 22.0. The van der Waals surface area contributed by atoms with Crippen LogP contribution in [0.15, 0.2) is 16.7 Å². The minimum absolute atomic E-state index is 0.0139. The van der Waals surface area contributed by atoms with E-state index in [0.717, 1.165) is 5.56 Å². The Bertz CT molecular complexity index is 1050. The van der Waals surface area contributed by atoms with Gasteiger partial charge in [0.2, 0.25) is 0 Å². The molecule has 190 valence electrons. The fraction of sp³-hybridized carbons (Fsp3) is 0.679. The van der Waals surface area contributed by atoms with Crippen molar-refractivity contribution >= 4 is 17.5 Å². The number of fused-ring (bicyclic) bond motifs is 3. The minimum Gasteiger partial charge on any atom is -0.469 e. The first-order valence-electron chi connectivity index (χ1n) is 12.5. The van der Waals surface area contributed by atoms with Crippen molar-refractivity contribution in [2.75, 3.05) is 20.5 Å². The molecule has 0 aromatic carbocycles. The standard InChI is InChI=1S/C28H36O7/c1-6-8-22-18(10-12-34-22)17-13-21(29)19-9-11-27(3)20(26(31)32-5)14-23(35-16-33-7-2)24(30)25(27)28(19,4)15-17/h10,12,17,19-20,23,25H,7,9,11,13-16H2,1-5H3. The van der Waals surface area contributed by atoms with Gasteiger partial charge in [-0.1, -0.05) is 19.8 Å². The van der Waals surface area contributed by atoms with Crippen molar-refractivity contribution in [1.82, 2.24) is 0 Å². The van der Waals surface area contributed by atoms with E-state index in [4.69, 9.17) is 18.6 Å². The Morgan fingerprint density at radius 3 is 2.71 bits per heavy atom. The van der Waals surface area contributed by atoms with E-state index in [1.165, 1.54) is 7.11 Å². The van der Waals surface area contributed by atoms with Crippen LogP contribution in [0.3, 0.4) is 0 Å². The molecule has 0 radical (unpaired) electrons. The van der Waals surface area contributed by atoms with Gasteiger partial charge in [0.15, 0.2) is 11.5 Å². The van der Waals surface area contributed by atoms with Crippen LogP contribution in [0.25, 0.3) is 0 Å². The van der Waals surface area contributed by atoms with Crippen LogP contribution in [-0.2, 0) is 28.6 Å². The largest absolute Gasteiger partial charge is 0.469 e. The average molecular weight is 485 g/mol. The molecule has 7 nitrogen and oxygen atoms in total. The Morgan fingerprint density at radius 1 is 1.26 bits per heavy atom. The number of carbonyl (C=O) groups excluding carboxylic acids is 3. The van der Waals surface area contributed by atoms with Gasteiger partial charge in [-0.2, -0.15) is 0 Å². The van der Waals surface area contributed by atoms with Crippen LogP contribution in [0.4, 0.5) is 0 Å². The maximum Gasteiger partial charge on any atom is 0.309 e. The molecule has 4 rings (SSSR count). The highest BCUT2D eigenvalue weighted by molar-refractivity contribution is 5.93. The van der Waals surface area contributed by atoms with Crippen molar-refractivity contribution in [3.63, 3.8) is 0 Å². The lowest BCUT2D eigenvalue weighted by atomic mass is 9.41. The predicted molar refractivity (Wildman–Crippen MR) is 127 cm³/mol. The van der Waals surface area contributed by atoms with Gasteiger partial charge in [0.1, 0.15) is 18.7 Å². The molecule has 1 aromatic heterocycles. The van der Waals surface area contributed by atoms with Crippen molar-refractivity contribution < 1.29 is 33.0 Å². The van der Waals surface area contributed by atoms with Crippen molar-refractivity contribution in [2.24, 2.45) is 28.6 Å². The van der Waals surface area contributed by atoms with Gasteiger partial charge >= 0.3 is 5.97 Å². The van der Waals surface area contributed by atoms with Gasteiger partial charge < -0.3 is 18.6 Å². The van der Waals surface area contributed by atoms with Crippen molar-refractivity contribution in [3.05, 3.63) is 23.7 Å². The monoisotopic (exact) mass is 484 g/mol. The fourth-order valence-corrected chi connectivity index (χ4v) is 7.42. The quantitative estimate of drug-likeness (QED) is 0.258. The molecule has 0 amide bonds. The minimum atomic E-state index is -0.773. The lowest BCUT2D eigenvalue weighted by Crippen LogP contribution is -2.64. The topological polar surface area (TPSA) is 92.0 Å². The maximum absolute atomic E-state index is 14.1. The number of ketones is 2. The number of carbonyl (C=O) groups is 3. The molecule has 3 saturated carbocycles. The van der Waals surface area contributed by atoms with Crippen LogP contribution in [0.2, 0.25) is 0 Å². The molecule has 7 atom stereocenters. The SMILES string of the molecule is CC#Cc1occc1C1CC(=O)C2CCC3(C)C(C(=O)OC)CC(OCOCC)C(=O)C3C2(C)C1. The second kappa shape index (κ2) is 9.91. The Hall–Kier alpha value is -2.43. The van der Waals surface area contributed by atoms with E-state index in [2.05, 4.69) is 18.8 Å². The van der Waals surface area contributed by atoms with E-state index in [-0.39, 0.29) is 42.6 Å². The third-order valence-corrected chi connectivity index (χ3v) is 8.87. The molecule has 0 bridgehead atoms. The van der Waals surface area contributed by atoms with Crippen molar-refractivity contribution in [3.8, 4) is 11.8 Å². The Labute approximate surface area is 207 Å². The molecule has 7 heteroatoms. The first-order valence-corrected chi connectivity index (χ1v) is 12.5. The van der Waals surface area contributed by atoms with E-state index in [1.807, 2.05) is 19.9 Å². The lowest BCUT2D eigenvalue weighted by molar-refractivity contribution is -0.197. The number of esters is 1. The maximum atomic E-state index is 14.1. The van der Waals surface area contributed by atoms with Gasteiger partial charge in [-0.15, -0.1) is 0 Å². The van der Waals surface area contributed by atoms with Gasteiger partial charge in [0, 0.05) is 30.4 Å². The van der Waals surface area contributed by atoms with Crippen LogP contribution in [0.1, 0.15) is 77.0 Å². The van der Waals surface area contributed by atoms with Gasteiger partial charge in [-0.25, -0.2) is 0 Å². The number of hydrogen-bond donors (Lipinski definition) is 0. The Kier molecular flexibility index (Phi) is 7.26. The summed E-state index contributed by atoms with van der Waals surface area (Å²) in [6, 6.07) is 1.89.